The number of nitrogens with one attached hydrogen (secondary N) is 2. The van der Waals surface area contributed by atoms with E-state index in [-0.39, 0.29) is 11.8 Å². The third-order valence-corrected chi connectivity index (χ3v) is 5.52. The minimum absolute atomic E-state index is 0.00544. The van der Waals surface area contributed by atoms with E-state index >= 15 is 0 Å². The number of piperidine rings is 1. The molecule has 29 heavy (non-hydrogen) atoms. The molecule has 1 atom stereocenters. The maximum Gasteiger partial charge on any atom is 0.267 e. The smallest absolute Gasteiger partial charge is 0.267 e. The van der Waals surface area contributed by atoms with Gasteiger partial charge in [-0.2, -0.15) is 0 Å². The van der Waals surface area contributed by atoms with E-state index in [1.807, 2.05) is 77.3 Å². The maximum atomic E-state index is 13.2. The topological polar surface area (TPSA) is 66.4 Å². The predicted molar refractivity (Wildman–Crippen MR) is 113 cm³/mol. The third kappa shape index (κ3) is 4.03. The third-order valence-electron chi connectivity index (χ3n) is 5.52. The molecule has 6 nitrogen and oxygen atoms in total. The first kappa shape index (κ1) is 19.2. The molecular weight excluding hydrogens is 364 g/mol. The van der Waals surface area contributed by atoms with Crippen LogP contribution >= 0.6 is 0 Å². The molecule has 2 aromatic carbocycles. The van der Waals surface area contributed by atoms with Crippen LogP contribution in [0.3, 0.4) is 0 Å². The van der Waals surface area contributed by atoms with Gasteiger partial charge in [-0.1, -0.05) is 48.5 Å². The Morgan fingerprint density at radius 3 is 2.38 bits per heavy atom. The summed E-state index contributed by atoms with van der Waals surface area (Å²) in [5, 5.41) is 0.882. The molecule has 1 aliphatic rings. The Kier molecular flexibility index (Phi) is 5.62. The standard InChI is InChI=1S/C23H26N4O2/c1-26-16-19(18-12-6-7-13-20(18)26)22(28)25-24-21(17-10-4-2-5-11-17)23(29)27-14-8-3-9-15-27/h2,4-7,10-13,16,21,24H,3,8-9,14-15H2,1H3,(H,25,28). The van der Waals surface area contributed by atoms with Gasteiger partial charge in [0, 0.05) is 37.2 Å². The number of nitrogens with zero attached hydrogens (tertiary/aromatic N) is 2. The van der Waals surface area contributed by atoms with Gasteiger partial charge in [0.05, 0.1) is 5.56 Å². The lowest BCUT2D eigenvalue weighted by atomic mass is 10.0. The molecule has 0 saturated carbocycles. The summed E-state index contributed by atoms with van der Waals surface area (Å²) >= 11 is 0. The molecule has 6 heteroatoms. The van der Waals surface area contributed by atoms with Crippen molar-refractivity contribution in [2.24, 2.45) is 7.05 Å². The number of fused-ring (bicyclic) bond motifs is 1. The average molecular weight is 390 g/mol. The fraction of sp³-hybridized carbons (Fsp3) is 0.304. The molecule has 3 aromatic rings. The number of hydrogen-bond donors (Lipinski definition) is 2. The SMILES string of the molecule is Cn1cc(C(=O)NNC(C(=O)N2CCCCC2)c2ccccc2)c2ccccc21. The molecule has 2 heterocycles. The molecular formula is C23H26N4O2. The Hall–Kier alpha value is -3.12. The summed E-state index contributed by atoms with van der Waals surface area (Å²) in [6, 6.07) is 16.7. The molecule has 1 unspecified atom stereocenters. The van der Waals surface area contributed by atoms with Crippen molar-refractivity contribution in [2.75, 3.05) is 13.1 Å². The highest BCUT2D eigenvalue weighted by atomic mass is 16.2. The van der Waals surface area contributed by atoms with Crippen molar-refractivity contribution in [2.45, 2.75) is 25.3 Å². The van der Waals surface area contributed by atoms with Gasteiger partial charge < -0.3 is 9.47 Å². The highest BCUT2D eigenvalue weighted by molar-refractivity contribution is 6.06. The summed E-state index contributed by atoms with van der Waals surface area (Å²) in [6.45, 7) is 1.53. The molecule has 1 aliphatic heterocycles. The summed E-state index contributed by atoms with van der Waals surface area (Å²) < 4.78 is 1.93. The molecule has 150 valence electrons. The Labute approximate surface area is 170 Å². The number of likely N-dealkylation sites (tertiary alicyclic amines) is 1. The van der Waals surface area contributed by atoms with E-state index in [4.69, 9.17) is 0 Å². The lowest BCUT2D eigenvalue weighted by molar-refractivity contribution is -0.134. The second kappa shape index (κ2) is 8.49. The van der Waals surface area contributed by atoms with Gasteiger partial charge in [0.25, 0.3) is 5.91 Å². The number of carbonyl (C=O) groups excluding carboxylic acids is 2. The van der Waals surface area contributed by atoms with Crippen LogP contribution in [0.5, 0.6) is 0 Å². The number of carbonyl (C=O) groups is 2. The van der Waals surface area contributed by atoms with Crippen molar-refractivity contribution in [1.82, 2.24) is 20.3 Å². The Morgan fingerprint density at radius 2 is 1.62 bits per heavy atom. The fourth-order valence-electron chi connectivity index (χ4n) is 3.96. The van der Waals surface area contributed by atoms with E-state index in [9.17, 15) is 9.59 Å². The van der Waals surface area contributed by atoms with E-state index in [0.717, 1.165) is 48.8 Å². The summed E-state index contributed by atoms with van der Waals surface area (Å²) in [4.78, 5) is 28.0. The Bertz CT molecular complexity index is 1010. The number of rotatable bonds is 5. The molecule has 0 aliphatic carbocycles. The van der Waals surface area contributed by atoms with Crippen LogP contribution in [0, 0.1) is 0 Å². The van der Waals surface area contributed by atoms with Crippen molar-refractivity contribution in [3.05, 3.63) is 71.9 Å². The predicted octanol–water partition coefficient (Wildman–Crippen LogP) is 3.17. The lowest BCUT2D eigenvalue weighted by Gasteiger charge is -2.31. The van der Waals surface area contributed by atoms with Gasteiger partial charge in [0.2, 0.25) is 5.91 Å². The highest BCUT2D eigenvalue weighted by Gasteiger charge is 2.27. The van der Waals surface area contributed by atoms with Crippen molar-refractivity contribution < 1.29 is 9.59 Å². The fourth-order valence-corrected chi connectivity index (χ4v) is 3.96. The van der Waals surface area contributed by atoms with E-state index in [1.165, 1.54) is 0 Å². The second-order valence-electron chi connectivity index (χ2n) is 7.50. The van der Waals surface area contributed by atoms with Gasteiger partial charge in [0.15, 0.2) is 0 Å². The molecule has 2 amide bonds. The van der Waals surface area contributed by atoms with Crippen LogP contribution in [-0.4, -0.2) is 34.4 Å². The van der Waals surface area contributed by atoms with Crippen LogP contribution < -0.4 is 10.9 Å². The van der Waals surface area contributed by atoms with Gasteiger partial charge in [-0.05, 0) is 30.9 Å². The first-order chi connectivity index (χ1) is 14.1. The second-order valence-corrected chi connectivity index (χ2v) is 7.50. The summed E-state index contributed by atoms with van der Waals surface area (Å²) in [7, 11) is 1.92. The first-order valence-electron chi connectivity index (χ1n) is 10.1. The van der Waals surface area contributed by atoms with Crippen LogP contribution in [0.2, 0.25) is 0 Å². The zero-order valence-corrected chi connectivity index (χ0v) is 16.6. The van der Waals surface area contributed by atoms with E-state index in [1.54, 1.807) is 0 Å². The molecule has 2 N–H and O–H groups in total. The van der Waals surface area contributed by atoms with E-state index < -0.39 is 6.04 Å². The normalized spacial score (nSPS) is 15.3. The zero-order valence-electron chi connectivity index (χ0n) is 16.6. The van der Waals surface area contributed by atoms with Crippen molar-refractivity contribution in [1.29, 1.82) is 0 Å². The Balaban J connectivity index is 1.54. The van der Waals surface area contributed by atoms with Crippen LogP contribution in [0.4, 0.5) is 0 Å². The molecule has 0 spiro atoms. The average Bonchev–Trinajstić information content (AvgIpc) is 3.12. The summed E-state index contributed by atoms with van der Waals surface area (Å²) in [5.41, 5.74) is 8.18. The van der Waals surface area contributed by atoms with Gasteiger partial charge in [-0.15, -0.1) is 0 Å². The van der Waals surface area contributed by atoms with Gasteiger partial charge in [0.1, 0.15) is 6.04 Å². The molecule has 4 rings (SSSR count). The molecule has 1 aromatic heterocycles. The zero-order chi connectivity index (χ0) is 20.2. The number of aryl methyl sites for hydroxylation is 1. The van der Waals surface area contributed by atoms with Crippen LogP contribution in [-0.2, 0) is 11.8 Å². The van der Waals surface area contributed by atoms with Gasteiger partial charge >= 0.3 is 0 Å². The van der Waals surface area contributed by atoms with Gasteiger partial charge in [-0.25, -0.2) is 5.43 Å². The minimum Gasteiger partial charge on any atom is -0.350 e. The van der Waals surface area contributed by atoms with Crippen LogP contribution in [0.1, 0.15) is 41.2 Å². The Morgan fingerprint density at radius 1 is 0.931 bits per heavy atom. The number of benzene rings is 2. The monoisotopic (exact) mass is 390 g/mol. The van der Waals surface area contributed by atoms with E-state index in [2.05, 4.69) is 10.9 Å². The van der Waals surface area contributed by atoms with Crippen LogP contribution in [0.25, 0.3) is 10.9 Å². The maximum absolute atomic E-state index is 13.2. The molecule has 1 fully saturated rings. The van der Waals surface area contributed by atoms with Crippen molar-refractivity contribution >= 4 is 22.7 Å². The number of aromatic nitrogens is 1. The van der Waals surface area contributed by atoms with Crippen molar-refractivity contribution in [3.63, 3.8) is 0 Å². The molecule has 0 radical (unpaired) electrons. The van der Waals surface area contributed by atoms with Crippen molar-refractivity contribution in [3.8, 4) is 0 Å². The number of amides is 2. The molecule has 0 bridgehead atoms. The van der Waals surface area contributed by atoms with E-state index in [0.29, 0.717) is 5.56 Å². The largest absolute Gasteiger partial charge is 0.350 e. The lowest BCUT2D eigenvalue weighted by Crippen LogP contribution is -2.48. The number of hydrogen-bond acceptors (Lipinski definition) is 3. The van der Waals surface area contributed by atoms with Gasteiger partial charge in [-0.3, -0.25) is 15.0 Å². The molecule has 1 saturated heterocycles. The highest BCUT2D eigenvalue weighted by Crippen LogP contribution is 2.21. The quantitative estimate of drug-likeness (QED) is 0.658. The van der Waals surface area contributed by atoms with Crippen LogP contribution in [0.15, 0.2) is 60.8 Å². The summed E-state index contributed by atoms with van der Waals surface area (Å²) in [6.07, 6.45) is 5.02. The number of para-hydroxylation sites is 1. The minimum atomic E-state index is -0.617. The number of hydrazine groups is 1. The first-order valence-corrected chi connectivity index (χ1v) is 10.1. The summed E-state index contributed by atoms with van der Waals surface area (Å²) in [5.74, 6) is -0.261.